The number of hydrogen-bond donors (Lipinski definition) is 0. The predicted molar refractivity (Wildman–Crippen MR) is 127 cm³/mol. The third kappa shape index (κ3) is 4.74. The molecular formula is C23H29N5O3S. The fourth-order valence-electron chi connectivity index (χ4n) is 3.70. The van der Waals surface area contributed by atoms with Crippen LogP contribution in [0.1, 0.15) is 22.4 Å². The summed E-state index contributed by atoms with van der Waals surface area (Å²) in [5, 5.41) is 0.660. The van der Waals surface area contributed by atoms with Gasteiger partial charge < -0.3 is 4.74 Å². The number of hydrogen-bond acceptors (Lipinski definition) is 7. The highest BCUT2D eigenvalue weighted by molar-refractivity contribution is 7.22. The highest BCUT2D eigenvalue weighted by Gasteiger charge is 2.23. The van der Waals surface area contributed by atoms with Crippen molar-refractivity contribution >= 4 is 32.6 Å². The molecule has 1 aliphatic rings. The summed E-state index contributed by atoms with van der Waals surface area (Å²) in [6, 6.07) is 4.18. The second-order valence-corrected chi connectivity index (χ2v) is 9.30. The van der Waals surface area contributed by atoms with Crippen LogP contribution in [0, 0.1) is 27.7 Å². The van der Waals surface area contributed by atoms with Gasteiger partial charge in [-0.3, -0.25) is 24.0 Å². The average molecular weight is 456 g/mol. The van der Waals surface area contributed by atoms with Gasteiger partial charge in [0.25, 0.3) is 5.56 Å². The van der Waals surface area contributed by atoms with Crippen LogP contribution < -0.4 is 10.5 Å². The molecule has 1 aromatic carbocycles. The molecule has 1 amide bonds. The molecule has 32 heavy (non-hydrogen) atoms. The monoisotopic (exact) mass is 455 g/mol. The summed E-state index contributed by atoms with van der Waals surface area (Å²) in [7, 11) is 0. The molecule has 1 saturated heterocycles. The number of ether oxygens (including phenoxy) is 1. The van der Waals surface area contributed by atoms with Crippen molar-refractivity contribution in [3.63, 3.8) is 0 Å². The third-order valence-electron chi connectivity index (χ3n) is 6.09. The van der Waals surface area contributed by atoms with Crippen molar-refractivity contribution in [3.05, 3.63) is 51.2 Å². The zero-order valence-corrected chi connectivity index (χ0v) is 19.9. The van der Waals surface area contributed by atoms with E-state index in [0.717, 1.165) is 29.9 Å². The zero-order chi connectivity index (χ0) is 22.8. The van der Waals surface area contributed by atoms with E-state index < -0.39 is 0 Å². The molecule has 0 atom stereocenters. The fraction of sp³-hybridized carbons (Fsp3) is 0.478. The van der Waals surface area contributed by atoms with E-state index in [0.29, 0.717) is 36.1 Å². The van der Waals surface area contributed by atoms with Crippen molar-refractivity contribution in [1.29, 1.82) is 0 Å². The van der Waals surface area contributed by atoms with Crippen LogP contribution in [0.3, 0.4) is 0 Å². The van der Waals surface area contributed by atoms with Crippen molar-refractivity contribution in [2.45, 2.75) is 34.2 Å². The normalized spacial score (nSPS) is 14.8. The van der Waals surface area contributed by atoms with Crippen LogP contribution >= 0.6 is 11.3 Å². The van der Waals surface area contributed by atoms with Crippen molar-refractivity contribution in [3.8, 4) is 0 Å². The van der Waals surface area contributed by atoms with E-state index in [1.165, 1.54) is 33.4 Å². The molecule has 0 bridgehead atoms. The zero-order valence-electron chi connectivity index (χ0n) is 19.1. The van der Waals surface area contributed by atoms with Gasteiger partial charge in [0.05, 0.1) is 29.8 Å². The van der Waals surface area contributed by atoms with Crippen LogP contribution in [-0.2, 0) is 16.1 Å². The van der Waals surface area contributed by atoms with Crippen LogP contribution in [0.2, 0.25) is 0 Å². The Morgan fingerprint density at radius 3 is 2.62 bits per heavy atom. The van der Waals surface area contributed by atoms with Crippen molar-refractivity contribution in [2.75, 3.05) is 44.3 Å². The van der Waals surface area contributed by atoms with E-state index in [9.17, 15) is 9.59 Å². The lowest BCUT2D eigenvalue weighted by Gasteiger charge is -2.29. The summed E-state index contributed by atoms with van der Waals surface area (Å²) in [6.07, 6.45) is 1.45. The molecule has 8 nitrogen and oxygen atoms in total. The van der Waals surface area contributed by atoms with Gasteiger partial charge in [0.15, 0.2) is 5.13 Å². The Kier molecular flexibility index (Phi) is 6.68. The highest BCUT2D eigenvalue weighted by atomic mass is 32.1. The lowest BCUT2D eigenvalue weighted by atomic mass is 10.1. The molecule has 0 saturated carbocycles. The maximum Gasteiger partial charge on any atom is 0.256 e. The lowest BCUT2D eigenvalue weighted by molar-refractivity contribution is -0.119. The molecule has 1 aliphatic heterocycles. The standard InChI is InChI=1S/C23H29N5O3S/c1-15-11-19-20(12-16(15)2)32-23(25-19)28(6-5-26-7-9-31-10-8-26)21(29)13-27-14-24-18(4)17(3)22(27)30/h11-12,14H,5-10,13H2,1-4H3. The molecule has 4 rings (SSSR count). The van der Waals surface area contributed by atoms with E-state index in [4.69, 9.17) is 9.72 Å². The third-order valence-corrected chi connectivity index (χ3v) is 7.13. The number of carbonyl (C=O) groups excluding carboxylic acids is 1. The van der Waals surface area contributed by atoms with E-state index >= 15 is 0 Å². The summed E-state index contributed by atoms with van der Waals surface area (Å²) in [5.74, 6) is -0.169. The van der Waals surface area contributed by atoms with Crippen molar-refractivity contribution < 1.29 is 9.53 Å². The van der Waals surface area contributed by atoms with Gasteiger partial charge in [-0.25, -0.2) is 9.97 Å². The van der Waals surface area contributed by atoms with Crippen LogP contribution in [-0.4, -0.2) is 64.7 Å². The minimum Gasteiger partial charge on any atom is -0.379 e. The Labute approximate surface area is 191 Å². The van der Waals surface area contributed by atoms with Crippen LogP contribution in [0.4, 0.5) is 5.13 Å². The number of nitrogens with zero attached hydrogens (tertiary/aromatic N) is 5. The number of anilines is 1. The molecule has 3 aromatic rings. The SMILES string of the molecule is Cc1cc2nc(N(CCN3CCOCC3)C(=O)Cn3cnc(C)c(C)c3=O)sc2cc1C. The summed E-state index contributed by atoms with van der Waals surface area (Å²) in [6.45, 7) is 11.9. The van der Waals surface area contributed by atoms with Crippen molar-refractivity contribution in [2.24, 2.45) is 0 Å². The molecule has 170 valence electrons. The Balaban J connectivity index is 1.63. The number of benzene rings is 1. The smallest absolute Gasteiger partial charge is 0.256 e. The highest BCUT2D eigenvalue weighted by Crippen LogP contribution is 2.31. The maximum atomic E-state index is 13.4. The predicted octanol–water partition coefficient (Wildman–Crippen LogP) is 2.45. The number of rotatable bonds is 6. The fourth-order valence-corrected chi connectivity index (χ4v) is 4.78. The number of amides is 1. The number of fused-ring (bicyclic) bond motifs is 1. The van der Waals surface area contributed by atoms with Gasteiger partial charge in [0.1, 0.15) is 6.54 Å². The van der Waals surface area contributed by atoms with E-state index in [1.54, 1.807) is 18.7 Å². The molecule has 1 fully saturated rings. The molecule has 0 unspecified atom stereocenters. The average Bonchev–Trinajstić information content (AvgIpc) is 3.17. The molecule has 3 heterocycles. The van der Waals surface area contributed by atoms with Gasteiger partial charge in [-0.1, -0.05) is 11.3 Å². The summed E-state index contributed by atoms with van der Waals surface area (Å²) < 4.78 is 7.87. The number of carbonyl (C=O) groups is 1. The Morgan fingerprint density at radius 2 is 1.88 bits per heavy atom. The van der Waals surface area contributed by atoms with Gasteiger partial charge >= 0.3 is 0 Å². The largest absolute Gasteiger partial charge is 0.379 e. The molecule has 0 aliphatic carbocycles. The first-order chi connectivity index (χ1) is 15.3. The first kappa shape index (κ1) is 22.6. The summed E-state index contributed by atoms with van der Waals surface area (Å²) in [4.78, 5) is 39.1. The van der Waals surface area contributed by atoms with Gasteiger partial charge in [-0.15, -0.1) is 0 Å². The Hall–Kier alpha value is -2.62. The van der Waals surface area contributed by atoms with Crippen molar-refractivity contribution in [1.82, 2.24) is 19.4 Å². The van der Waals surface area contributed by atoms with Gasteiger partial charge in [0, 0.05) is 37.4 Å². The van der Waals surface area contributed by atoms with Crippen LogP contribution in [0.5, 0.6) is 0 Å². The number of aryl methyl sites for hydroxylation is 3. The molecule has 0 spiro atoms. The first-order valence-electron chi connectivity index (χ1n) is 10.8. The topological polar surface area (TPSA) is 80.6 Å². The quantitative estimate of drug-likeness (QED) is 0.568. The Morgan fingerprint density at radius 1 is 1.16 bits per heavy atom. The van der Waals surface area contributed by atoms with Gasteiger partial charge in [0.2, 0.25) is 5.91 Å². The Bertz CT molecular complexity index is 1160. The molecule has 0 radical (unpaired) electrons. The second kappa shape index (κ2) is 9.48. The second-order valence-electron chi connectivity index (χ2n) is 8.29. The van der Waals surface area contributed by atoms with E-state index in [-0.39, 0.29) is 18.0 Å². The maximum absolute atomic E-state index is 13.4. The molecule has 2 aromatic heterocycles. The van der Waals surface area contributed by atoms with Crippen LogP contribution in [0.25, 0.3) is 10.2 Å². The minimum atomic E-state index is -0.186. The summed E-state index contributed by atoms with van der Waals surface area (Å²) >= 11 is 1.51. The molecule has 0 N–H and O–H groups in total. The minimum absolute atomic E-state index is 0.0654. The summed E-state index contributed by atoms with van der Waals surface area (Å²) in [5.41, 5.74) is 4.32. The number of morpholine rings is 1. The van der Waals surface area contributed by atoms with E-state index in [2.05, 4.69) is 35.9 Å². The van der Waals surface area contributed by atoms with Gasteiger partial charge in [-0.05, 0) is 51.0 Å². The number of aromatic nitrogens is 3. The lowest BCUT2D eigenvalue weighted by Crippen LogP contribution is -2.44. The first-order valence-corrected chi connectivity index (χ1v) is 11.7. The van der Waals surface area contributed by atoms with Gasteiger partial charge in [-0.2, -0.15) is 0 Å². The molecular weight excluding hydrogens is 426 g/mol. The van der Waals surface area contributed by atoms with Crippen LogP contribution in [0.15, 0.2) is 23.3 Å². The molecule has 9 heteroatoms. The number of thiazole rings is 1. The van der Waals surface area contributed by atoms with E-state index in [1.807, 2.05) is 0 Å².